The molecule has 0 bridgehead atoms. The van der Waals surface area contributed by atoms with E-state index in [1.807, 2.05) is 11.6 Å². The van der Waals surface area contributed by atoms with Crippen LogP contribution in [-0.2, 0) is 0 Å². The maximum Gasteiger partial charge on any atom is 0.182 e. The third kappa shape index (κ3) is 2.85. The Hall–Kier alpha value is -0.280. The molecule has 1 rings (SSSR count). The van der Waals surface area contributed by atoms with Crippen LogP contribution in [0.1, 0.15) is 26.7 Å². The zero-order valence-corrected chi connectivity index (χ0v) is 10.3. The van der Waals surface area contributed by atoms with Gasteiger partial charge in [0.25, 0.3) is 0 Å². The predicted molar refractivity (Wildman–Crippen MR) is 64.3 cm³/mol. The fourth-order valence-corrected chi connectivity index (χ4v) is 2.31. The van der Waals surface area contributed by atoms with E-state index >= 15 is 0 Å². The molecule has 0 aromatic carbocycles. The van der Waals surface area contributed by atoms with Gasteiger partial charge in [-0.05, 0) is 12.8 Å². The zero-order valence-electron chi connectivity index (χ0n) is 8.72. The second-order valence-corrected chi connectivity index (χ2v) is 4.69. The minimum atomic E-state index is 0.216. The largest absolute Gasteiger partial charge is 0.361 e. The van der Waals surface area contributed by atoms with E-state index in [9.17, 15) is 0 Å². The van der Waals surface area contributed by atoms with Crippen molar-refractivity contribution >= 4 is 28.1 Å². The number of aromatic nitrogens is 1. The summed E-state index contributed by atoms with van der Waals surface area (Å²) in [6, 6.07) is 0. The molecule has 0 amide bonds. The van der Waals surface area contributed by atoms with Gasteiger partial charge in [-0.15, -0.1) is 22.9 Å². The number of thiazole rings is 1. The molecule has 1 N–H and O–H groups in total. The summed E-state index contributed by atoms with van der Waals surface area (Å²) in [5.74, 6) is 0.707. The van der Waals surface area contributed by atoms with Crippen molar-refractivity contribution in [1.29, 1.82) is 0 Å². The van der Waals surface area contributed by atoms with E-state index in [2.05, 4.69) is 24.1 Å². The summed E-state index contributed by atoms with van der Waals surface area (Å²) in [5.41, 5.74) is 0.216. The van der Waals surface area contributed by atoms with Crippen molar-refractivity contribution in [3.8, 4) is 0 Å². The summed E-state index contributed by atoms with van der Waals surface area (Å²) in [6.45, 7) is 5.29. The molecule has 80 valence electrons. The predicted octanol–water partition coefficient (Wildman–Crippen LogP) is 3.60. The Morgan fingerprint density at radius 3 is 2.64 bits per heavy atom. The Bertz CT molecular complexity index is 236. The van der Waals surface area contributed by atoms with Gasteiger partial charge in [-0.2, -0.15) is 0 Å². The molecule has 0 aliphatic rings. The minimum absolute atomic E-state index is 0.216. The van der Waals surface area contributed by atoms with E-state index in [0.717, 1.165) is 24.5 Å². The quantitative estimate of drug-likeness (QED) is 0.759. The first kappa shape index (κ1) is 11.8. The van der Waals surface area contributed by atoms with Crippen LogP contribution in [0.5, 0.6) is 0 Å². The number of nitrogens with zero attached hydrogens (tertiary/aromatic N) is 1. The third-order valence-corrected chi connectivity index (χ3v) is 4.13. The molecular formula is C10H17ClN2S. The average Bonchev–Trinajstić information content (AvgIpc) is 2.74. The van der Waals surface area contributed by atoms with E-state index in [4.69, 9.17) is 11.6 Å². The lowest BCUT2D eigenvalue weighted by molar-refractivity contribution is 0.327. The summed E-state index contributed by atoms with van der Waals surface area (Å²) in [4.78, 5) is 4.19. The Morgan fingerprint density at radius 1 is 1.50 bits per heavy atom. The van der Waals surface area contributed by atoms with Gasteiger partial charge in [0.1, 0.15) is 0 Å². The van der Waals surface area contributed by atoms with Gasteiger partial charge >= 0.3 is 0 Å². The molecule has 0 atom stereocenters. The summed E-state index contributed by atoms with van der Waals surface area (Å²) < 4.78 is 0. The first-order valence-corrected chi connectivity index (χ1v) is 6.37. The molecule has 2 nitrogen and oxygen atoms in total. The maximum atomic E-state index is 6.01. The van der Waals surface area contributed by atoms with Gasteiger partial charge in [-0.3, -0.25) is 0 Å². The lowest BCUT2D eigenvalue weighted by atomic mass is 9.84. The number of hydrogen-bond acceptors (Lipinski definition) is 3. The molecule has 0 saturated carbocycles. The van der Waals surface area contributed by atoms with Gasteiger partial charge in [-0.25, -0.2) is 4.98 Å². The fourth-order valence-electron chi connectivity index (χ4n) is 1.31. The molecule has 1 heterocycles. The third-order valence-electron chi connectivity index (χ3n) is 2.83. The highest BCUT2D eigenvalue weighted by atomic mass is 35.5. The van der Waals surface area contributed by atoms with Gasteiger partial charge in [0, 0.05) is 29.4 Å². The van der Waals surface area contributed by atoms with Crippen molar-refractivity contribution in [3.63, 3.8) is 0 Å². The molecule has 0 fully saturated rings. The molecule has 0 aliphatic carbocycles. The van der Waals surface area contributed by atoms with E-state index in [-0.39, 0.29) is 5.41 Å². The van der Waals surface area contributed by atoms with Crippen LogP contribution < -0.4 is 5.32 Å². The molecule has 0 aliphatic heterocycles. The van der Waals surface area contributed by atoms with Gasteiger partial charge in [0.15, 0.2) is 5.13 Å². The van der Waals surface area contributed by atoms with Crippen LogP contribution in [-0.4, -0.2) is 17.4 Å². The number of alkyl halides is 1. The molecule has 0 saturated heterocycles. The van der Waals surface area contributed by atoms with Crippen LogP contribution in [0, 0.1) is 5.41 Å². The number of hydrogen-bond donors (Lipinski definition) is 1. The minimum Gasteiger partial charge on any atom is -0.361 e. The van der Waals surface area contributed by atoms with Crippen molar-refractivity contribution in [2.45, 2.75) is 26.7 Å². The maximum absolute atomic E-state index is 6.01. The smallest absolute Gasteiger partial charge is 0.182 e. The fraction of sp³-hybridized carbons (Fsp3) is 0.700. The van der Waals surface area contributed by atoms with Crippen molar-refractivity contribution in [3.05, 3.63) is 11.6 Å². The van der Waals surface area contributed by atoms with Gasteiger partial charge < -0.3 is 5.32 Å². The summed E-state index contributed by atoms with van der Waals surface area (Å²) in [7, 11) is 0. The van der Waals surface area contributed by atoms with Crippen LogP contribution in [0.2, 0.25) is 0 Å². The van der Waals surface area contributed by atoms with Crippen molar-refractivity contribution in [2.75, 3.05) is 17.7 Å². The highest BCUT2D eigenvalue weighted by Crippen LogP contribution is 2.28. The average molecular weight is 233 g/mol. The summed E-state index contributed by atoms with van der Waals surface area (Å²) >= 11 is 7.64. The molecule has 0 spiro atoms. The lowest BCUT2D eigenvalue weighted by Crippen LogP contribution is -2.30. The molecule has 1 aromatic rings. The second kappa shape index (κ2) is 5.56. The van der Waals surface area contributed by atoms with E-state index in [1.165, 1.54) is 0 Å². The SMILES string of the molecule is CCC(CC)(CCl)CNc1nccs1. The first-order valence-electron chi connectivity index (χ1n) is 4.95. The monoisotopic (exact) mass is 232 g/mol. The van der Waals surface area contributed by atoms with Gasteiger partial charge in [0.2, 0.25) is 0 Å². The molecular weight excluding hydrogens is 216 g/mol. The van der Waals surface area contributed by atoms with Crippen molar-refractivity contribution in [1.82, 2.24) is 4.98 Å². The topological polar surface area (TPSA) is 24.9 Å². The van der Waals surface area contributed by atoms with E-state index < -0.39 is 0 Å². The molecule has 4 heteroatoms. The van der Waals surface area contributed by atoms with E-state index in [0.29, 0.717) is 5.88 Å². The number of rotatable bonds is 6. The van der Waals surface area contributed by atoms with E-state index in [1.54, 1.807) is 11.3 Å². The summed E-state index contributed by atoms with van der Waals surface area (Å²) in [6.07, 6.45) is 4.02. The molecule has 1 aromatic heterocycles. The van der Waals surface area contributed by atoms with Gasteiger partial charge in [0.05, 0.1) is 0 Å². The summed E-state index contributed by atoms with van der Waals surface area (Å²) in [5, 5.41) is 6.30. The molecule has 0 unspecified atom stereocenters. The van der Waals surface area contributed by atoms with Crippen LogP contribution in [0.3, 0.4) is 0 Å². The van der Waals surface area contributed by atoms with Crippen LogP contribution in [0.4, 0.5) is 5.13 Å². The normalized spacial score (nSPS) is 11.6. The Kier molecular flexibility index (Phi) is 4.69. The van der Waals surface area contributed by atoms with Crippen LogP contribution in [0.25, 0.3) is 0 Å². The highest BCUT2D eigenvalue weighted by molar-refractivity contribution is 7.13. The Labute approximate surface area is 94.7 Å². The highest BCUT2D eigenvalue weighted by Gasteiger charge is 2.24. The second-order valence-electron chi connectivity index (χ2n) is 3.53. The molecule has 14 heavy (non-hydrogen) atoms. The lowest BCUT2D eigenvalue weighted by Gasteiger charge is -2.29. The van der Waals surface area contributed by atoms with Crippen molar-refractivity contribution in [2.24, 2.45) is 5.41 Å². The number of halogens is 1. The Morgan fingerprint density at radius 2 is 2.21 bits per heavy atom. The number of nitrogens with one attached hydrogen (secondary N) is 1. The molecule has 0 radical (unpaired) electrons. The Balaban J connectivity index is 2.48. The zero-order chi connectivity index (χ0) is 10.4. The standard InChI is InChI=1S/C10H17ClN2S/c1-3-10(4-2,7-11)8-13-9-12-5-6-14-9/h5-6H,3-4,7-8H2,1-2H3,(H,12,13). The number of anilines is 1. The van der Waals surface area contributed by atoms with Gasteiger partial charge in [-0.1, -0.05) is 13.8 Å². The van der Waals surface area contributed by atoms with Crippen LogP contribution >= 0.6 is 22.9 Å². The van der Waals surface area contributed by atoms with Crippen LogP contribution in [0.15, 0.2) is 11.6 Å². The van der Waals surface area contributed by atoms with Crippen molar-refractivity contribution < 1.29 is 0 Å². The first-order chi connectivity index (χ1) is 6.76.